The van der Waals surface area contributed by atoms with Gasteiger partial charge in [-0.1, -0.05) is 19.8 Å². The smallest absolute Gasteiger partial charge is 0.405 e. The van der Waals surface area contributed by atoms with Crippen LogP contribution in [0.25, 0.3) is 0 Å². The van der Waals surface area contributed by atoms with E-state index in [1.165, 1.54) is 0 Å². The number of hydrogen-bond acceptors (Lipinski definition) is 7. The largest absolute Gasteiger partial charge is 0.465 e. The average Bonchev–Trinajstić information content (AvgIpc) is 2.56. The molecule has 2 fully saturated rings. The van der Waals surface area contributed by atoms with Gasteiger partial charge in [0.05, 0.1) is 25.0 Å². The lowest BCUT2D eigenvalue weighted by atomic mass is 9.79. The van der Waals surface area contributed by atoms with Crippen LogP contribution in [0.1, 0.15) is 39.5 Å². The zero-order valence-corrected chi connectivity index (χ0v) is 16.0. The quantitative estimate of drug-likeness (QED) is 0.495. The number of ether oxygens (including phenoxy) is 3. The van der Waals surface area contributed by atoms with Gasteiger partial charge in [-0.15, -0.1) is 0 Å². The first-order chi connectivity index (χ1) is 12.4. The number of esters is 2. The molecule has 2 rings (SSSR count). The van der Waals surface area contributed by atoms with E-state index in [9.17, 15) is 26.8 Å². The molecule has 0 amide bonds. The number of alkyl halides is 2. The molecule has 3 atom stereocenters. The first kappa shape index (κ1) is 22.0. The first-order valence-corrected chi connectivity index (χ1v) is 10.1. The van der Waals surface area contributed by atoms with E-state index in [0.717, 1.165) is 0 Å². The Kier molecular flexibility index (Phi) is 6.48. The molecular formula is C16H24F2O8S. The molecule has 1 N–H and O–H groups in total. The van der Waals surface area contributed by atoms with E-state index in [-0.39, 0.29) is 18.4 Å². The fourth-order valence-corrected chi connectivity index (χ4v) is 3.59. The Labute approximate surface area is 156 Å². The molecule has 1 saturated heterocycles. The first-order valence-electron chi connectivity index (χ1n) is 8.67. The summed E-state index contributed by atoms with van der Waals surface area (Å²) in [5.41, 5.74) is -0.271. The highest BCUT2D eigenvalue weighted by molar-refractivity contribution is 7.86. The number of halogens is 2. The molecule has 27 heavy (non-hydrogen) atoms. The fourth-order valence-electron chi connectivity index (χ4n) is 3.12. The summed E-state index contributed by atoms with van der Waals surface area (Å²) in [6, 6.07) is 0. The fraction of sp³-hybridized carbons (Fsp3) is 0.875. The normalized spacial score (nSPS) is 26.6. The third-order valence-corrected chi connectivity index (χ3v) is 5.97. The number of carbonyl (C=O) groups excluding carboxylic acids is 2. The molecular weight excluding hydrogens is 390 g/mol. The SMILES string of the molecule is CC(OC(=O)C1CCCCC1C(=O)OCC1(C)COC1)C(F)(F)S(=O)(=O)O. The molecule has 156 valence electrons. The van der Waals surface area contributed by atoms with Gasteiger partial charge in [0.25, 0.3) is 0 Å². The van der Waals surface area contributed by atoms with Crippen molar-refractivity contribution in [3.63, 3.8) is 0 Å². The summed E-state index contributed by atoms with van der Waals surface area (Å²) in [4.78, 5) is 24.7. The third-order valence-electron chi connectivity index (χ3n) is 4.95. The summed E-state index contributed by atoms with van der Waals surface area (Å²) in [6.07, 6.45) is -0.554. The number of hydrogen-bond donors (Lipinski definition) is 1. The molecule has 1 saturated carbocycles. The Balaban J connectivity index is 2.00. The highest BCUT2D eigenvalue weighted by Gasteiger charge is 2.53. The van der Waals surface area contributed by atoms with Crippen LogP contribution >= 0.6 is 0 Å². The van der Waals surface area contributed by atoms with Crippen molar-refractivity contribution in [1.29, 1.82) is 0 Å². The van der Waals surface area contributed by atoms with Crippen LogP contribution in [0, 0.1) is 17.3 Å². The predicted molar refractivity (Wildman–Crippen MR) is 87.4 cm³/mol. The summed E-state index contributed by atoms with van der Waals surface area (Å²) in [5.74, 6) is -3.57. The Hall–Kier alpha value is -1.33. The number of carbonyl (C=O) groups is 2. The van der Waals surface area contributed by atoms with Crippen LogP contribution < -0.4 is 0 Å². The Morgan fingerprint density at radius 1 is 1.22 bits per heavy atom. The van der Waals surface area contributed by atoms with Crippen LogP contribution in [-0.2, 0) is 33.9 Å². The van der Waals surface area contributed by atoms with Crippen LogP contribution in [0.15, 0.2) is 0 Å². The summed E-state index contributed by atoms with van der Waals surface area (Å²) in [6.45, 7) is 3.59. The molecule has 0 bridgehead atoms. The van der Waals surface area contributed by atoms with Crippen molar-refractivity contribution in [1.82, 2.24) is 0 Å². The Morgan fingerprint density at radius 3 is 2.19 bits per heavy atom. The van der Waals surface area contributed by atoms with Crippen molar-refractivity contribution in [2.75, 3.05) is 19.8 Å². The number of rotatable bonds is 7. The van der Waals surface area contributed by atoms with Crippen LogP contribution in [-0.4, -0.2) is 56.1 Å². The maximum absolute atomic E-state index is 13.6. The van der Waals surface area contributed by atoms with Gasteiger partial charge in [0.2, 0.25) is 0 Å². The van der Waals surface area contributed by atoms with Gasteiger partial charge in [-0.25, -0.2) is 0 Å². The summed E-state index contributed by atoms with van der Waals surface area (Å²) < 4.78 is 72.2. The van der Waals surface area contributed by atoms with Crippen LogP contribution in [0.4, 0.5) is 8.78 Å². The van der Waals surface area contributed by atoms with Gasteiger partial charge in [-0.2, -0.15) is 17.2 Å². The maximum atomic E-state index is 13.6. The zero-order valence-electron chi connectivity index (χ0n) is 15.2. The van der Waals surface area contributed by atoms with Gasteiger partial charge in [0, 0.05) is 5.41 Å². The van der Waals surface area contributed by atoms with Crippen LogP contribution in [0.5, 0.6) is 0 Å². The van der Waals surface area contributed by atoms with E-state index in [1.54, 1.807) is 0 Å². The second kappa shape index (κ2) is 7.96. The molecule has 1 aliphatic carbocycles. The zero-order chi connectivity index (χ0) is 20.5. The molecule has 2 aliphatic rings. The average molecular weight is 414 g/mol. The van der Waals surface area contributed by atoms with Crippen LogP contribution in [0.3, 0.4) is 0 Å². The third kappa shape index (κ3) is 4.94. The van der Waals surface area contributed by atoms with E-state index in [1.807, 2.05) is 6.92 Å². The summed E-state index contributed by atoms with van der Waals surface area (Å²) in [7, 11) is -5.74. The minimum absolute atomic E-state index is 0.126. The van der Waals surface area contributed by atoms with Gasteiger partial charge >= 0.3 is 27.3 Å². The van der Waals surface area contributed by atoms with Crippen molar-refractivity contribution in [2.45, 2.75) is 50.9 Å². The van der Waals surface area contributed by atoms with E-state index < -0.39 is 45.3 Å². The molecule has 1 aliphatic heterocycles. The Morgan fingerprint density at radius 2 is 1.74 bits per heavy atom. The van der Waals surface area contributed by atoms with Crippen LogP contribution in [0.2, 0.25) is 0 Å². The topological polar surface area (TPSA) is 116 Å². The second-order valence-electron chi connectivity index (χ2n) is 7.52. The lowest BCUT2D eigenvalue weighted by Gasteiger charge is -2.38. The van der Waals surface area contributed by atoms with Gasteiger partial charge in [0.15, 0.2) is 6.10 Å². The minimum Gasteiger partial charge on any atom is -0.465 e. The van der Waals surface area contributed by atoms with Crippen molar-refractivity contribution in [3.05, 3.63) is 0 Å². The predicted octanol–water partition coefficient (Wildman–Crippen LogP) is 1.78. The molecule has 0 aromatic rings. The minimum atomic E-state index is -5.74. The van der Waals surface area contributed by atoms with E-state index >= 15 is 0 Å². The molecule has 11 heteroatoms. The summed E-state index contributed by atoms with van der Waals surface area (Å²) in [5, 5.41) is -4.65. The molecule has 0 aromatic carbocycles. The highest BCUT2D eigenvalue weighted by atomic mass is 32.2. The monoisotopic (exact) mass is 414 g/mol. The van der Waals surface area contributed by atoms with Gasteiger partial charge in [0.1, 0.15) is 6.61 Å². The highest BCUT2D eigenvalue weighted by Crippen LogP contribution is 2.35. The van der Waals surface area contributed by atoms with E-state index in [0.29, 0.717) is 39.4 Å². The second-order valence-corrected chi connectivity index (χ2v) is 9.02. The van der Waals surface area contributed by atoms with Gasteiger partial charge in [-0.05, 0) is 19.8 Å². The van der Waals surface area contributed by atoms with Gasteiger partial charge in [-0.3, -0.25) is 14.1 Å². The molecule has 3 unspecified atom stereocenters. The van der Waals surface area contributed by atoms with Crippen molar-refractivity contribution in [2.24, 2.45) is 17.3 Å². The maximum Gasteiger partial charge on any atom is 0.405 e. The molecule has 0 radical (unpaired) electrons. The van der Waals surface area contributed by atoms with Gasteiger partial charge < -0.3 is 14.2 Å². The van der Waals surface area contributed by atoms with Crippen molar-refractivity contribution in [3.8, 4) is 0 Å². The standard InChI is InChI=1S/C16H24F2O8S/c1-10(16(17,18)27(21,22)23)26-14(20)12-6-4-3-5-11(12)13(19)25-9-15(2)7-24-8-15/h10-12H,3-9H2,1-2H3,(H,21,22,23). The molecule has 0 spiro atoms. The van der Waals surface area contributed by atoms with Crippen molar-refractivity contribution >= 4 is 22.1 Å². The van der Waals surface area contributed by atoms with E-state index in [4.69, 9.17) is 14.0 Å². The molecule has 1 heterocycles. The molecule has 8 nitrogen and oxygen atoms in total. The Bertz CT molecular complexity index is 674. The lowest BCUT2D eigenvalue weighted by Crippen LogP contribution is -2.46. The summed E-state index contributed by atoms with van der Waals surface area (Å²) >= 11 is 0. The molecule has 0 aromatic heterocycles. The van der Waals surface area contributed by atoms with Crippen molar-refractivity contribution < 1.29 is 45.6 Å². The lowest BCUT2D eigenvalue weighted by molar-refractivity contribution is -0.179. The van der Waals surface area contributed by atoms with E-state index in [2.05, 4.69) is 4.74 Å².